The van der Waals surface area contributed by atoms with E-state index in [0.717, 1.165) is 31.5 Å². The summed E-state index contributed by atoms with van der Waals surface area (Å²) in [6, 6.07) is 12.0. The van der Waals surface area contributed by atoms with Crippen LogP contribution in [0.3, 0.4) is 0 Å². The summed E-state index contributed by atoms with van der Waals surface area (Å²) in [5.41, 5.74) is 4.94. The van der Waals surface area contributed by atoms with Crippen LogP contribution in [0, 0.1) is 6.92 Å². The van der Waals surface area contributed by atoms with E-state index in [0.29, 0.717) is 16.6 Å². The van der Waals surface area contributed by atoms with Gasteiger partial charge in [-0.2, -0.15) is 0 Å². The molecule has 2 aromatic carbocycles. The molecule has 3 nitrogen and oxygen atoms in total. The Morgan fingerprint density at radius 3 is 2.54 bits per heavy atom. The third kappa shape index (κ3) is 3.57. The maximum atomic E-state index is 11.4. The van der Waals surface area contributed by atoms with Crippen molar-refractivity contribution in [3.8, 4) is 0 Å². The minimum atomic E-state index is -1.06. The molecule has 1 N–H and O–H groups in total. The van der Waals surface area contributed by atoms with Gasteiger partial charge in [0.25, 0.3) is 0 Å². The molecule has 28 heavy (non-hydrogen) atoms. The number of halogens is 2. The fourth-order valence-corrected chi connectivity index (χ4v) is 4.58. The fourth-order valence-electron chi connectivity index (χ4n) is 4.28. The molecule has 0 radical (unpaired) electrons. The molecule has 0 bridgehead atoms. The van der Waals surface area contributed by atoms with E-state index in [1.165, 1.54) is 27.7 Å². The van der Waals surface area contributed by atoms with Gasteiger partial charge in [0.05, 0.1) is 16.6 Å². The zero-order chi connectivity index (χ0) is 20.1. The third-order valence-corrected chi connectivity index (χ3v) is 6.66. The molecule has 4 rings (SSSR count). The van der Waals surface area contributed by atoms with Crippen molar-refractivity contribution in [2.24, 2.45) is 0 Å². The Bertz CT molecular complexity index is 1040. The van der Waals surface area contributed by atoms with Crippen molar-refractivity contribution in [2.75, 3.05) is 20.1 Å². The highest BCUT2D eigenvalue weighted by Gasteiger charge is 2.29. The summed E-state index contributed by atoms with van der Waals surface area (Å²) in [4.78, 5) is 2.38. The molecule has 1 aromatic heterocycles. The fraction of sp³-hybridized carbons (Fsp3) is 0.391. The van der Waals surface area contributed by atoms with Crippen molar-refractivity contribution in [2.45, 2.75) is 38.8 Å². The molecule has 1 unspecified atom stereocenters. The molecule has 0 saturated heterocycles. The molecule has 1 aliphatic heterocycles. The smallest absolute Gasteiger partial charge is 0.105 e. The second-order valence-corrected chi connectivity index (χ2v) is 9.05. The molecule has 2 heterocycles. The summed E-state index contributed by atoms with van der Waals surface area (Å²) in [6.45, 7) is 6.55. The van der Waals surface area contributed by atoms with Gasteiger partial charge in [0.2, 0.25) is 0 Å². The lowest BCUT2D eigenvalue weighted by atomic mass is 9.95. The van der Waals surface area contributed by atoms with Crippen LogP contribution in [0.4, 0.5) is 0 Å². The predicted molar refractivity (Wildman–Crippen MR) is 118 cm³/mol. The lowest BCUT2D eigenvalue weighted by Gasteiger charge is -2.27. The van der Waals surface area contributed by atoms with Crippen molar-refractivity contribution in [3.63, 3.8) is 0 Å². The third-order valence-electron chi connectivity index (χ3n) is 5.92. The number of likely N-dealkylation sites (N-methyl/N-ethyl adjacent to an activating group) is 1. The average Bonchev–Trinajstić information content (AvgIpc) is 2.77. The average molecular weight is 417 g/mol. The van der Waals surface area contributed by atoms with Crippen molar-refractivity contribution in [1.29, 1.82) is 0 Å². The Balaban J connectivity index is 1.82. The summed E-state index contributed by atoms with van der Waals surface area (Å²) in [5, 5.41) is 13.7. The molecule has 148 valence electrons. The van der Waals surface area contributed by atoms with Crippen molar-refractivity contribution < 1.29 is 5.11 Å². The van der Waals surface area contributed by atoms with Gasteiger partial charge >= 0.3 is 0 Å². The van der Waals surface area contributed by atoms with Gasteiger partial charge in [0, 0.05) is 36.1 Å². The molecule has 0 spiro atoms. The summed E-state index contributed by atoms with van der Waals surface area (Å²) in [6.07, 6.45) is 2.02. The van der Waals surface area contributed by atoms with Crippen LogP contribution in [0.2, 0.25) is 10.0 Å². The van der Waals surface area contributed by atoms with Crippen molar-refractivity contribution in [1.82, 2.24) is 9.47 Å². The molecule has 0 amide bonds. The van der Waals surface area contributed by atoms with Crippen LogP contribution >= 0.6 is 23.2 Å². The van der Waals surface area contributed by atoms with Crippen LogP contribution in [-0.4, -0.2) is 34.7 Å². The van der Waals surface area contributed by atoms with E-state index >= 15 is 0 Å². The number of aromatic nitrogens is 1. The monoisotopic (exact) mass is 416 g/mol. The van der Waals surface area contributed by atoms with E-state index < -0.39 is 5.60 Å². The number of hydrogen-bond acceptors (Lipinski definition) is 2. The lowest BCUT2D eigenvalue weighted by molar-refractivity contribution is 0.0388. The highest BCUT2D eigenvalue weighted by atomic mass is 35.5. The number of aryl methyl sites for hydroxylation is 1. The van der Waals surface area contributed by atoms with Gasteiger partial charge in [0.1, 0.15) is 5.60 Å². The Hall–Kier alpha value is -1.52. The predicted octanol–water partition coefficient (Wildman–Crippen LogP) is 5.19. The number of nitrogens with zero attached hydrogens (tertiary/aromatic N) is 2. The van der Waals surface area contributed by atoms with Gasteiger partial charge in [-0.25, -0.2) is 0 Å². The van der Waals surface area contributed by atoms with Crippen LogP contribution < -0.4 is 0 Å². The molecular formula is C23H26Cl2N2O. The maximum Gasteiger partial charge on any atom is 0.105 e. The molecule has 0 saturated carbocycles. The van der Waals surface area contributed by atoms with Gasteiger partial charge in [-0.05, 0) is 62.7 Å². The van der Waals surface area contributed by atoms with Crippen LogP contribution in [-0.2, 0) is 25.0 Å². The van der Waals surface area contributed by atoms with Gasteiger partial charge in [-0.1, -0.05) is 40.9 Å². The van der Waals surface area contributed by atoms with Gasteiger partial charge in [-0.3, -0.25) is 0 Å². The minimum Gasteiger partial charge on any atom is -0.384 e. The Morgan fingerprint density at radius 2 is 1.79 bits per heavy atom. The number of benzene rings is 2. The van der Waals surface area contributed by atoms with E-state index in [9.17, 15) is 5.11 Å². The van der Waals surface area contributed by atoms with E-state index in [1.807, 2.05) is 13.0 Å². The SMILES string of the molecule is Cc1ccc2c(c1)c1c(n2CC(C)(O)c2ccc(Cl)c(Cl)c2)CCN(C)CC1. The molecular weight excluding hydrogens is 391 g/mol. The number of aliphatic hydroxyl groups is 1. The molecule has 5 heteroatoms. The largest absolute Gasteiger partial charge is 0.384 e. The van der Waals surface area contributed by atoms with E-state index in [2.05, 4.69) is 41.6 Å². The van der Waals surface area contributed by atoms with Gasteiger partial charge < -0.3 is 14.6 Å². The van der Waals surface area contributed by atoms with Crippen LogP contribution in [0.15, 0.2) is 36.4 Å². The number of fused-ring (bicyclic) bond motifs is 3. The number of hydrogen-bond donors (Lipinski definition) is 1. The first-order chi connectivity index (χ1) is 13.3. The minimum absolute atomic E-state index is 0.466. The second-order valence-electron chi connectivity index (χ2n) is 8.24. The second kappa shape index (κ2) is 7.38. The van der Waals surface area contributed by atoms with Gasteiger partial charge in [0.15, 0.2) is 0 Å². The van der Waals surface area contributed by atoms with Crippen LogP contribution in [0.5, 0.6) is 0 Å². The summed E-state index contributed by atoms with van der Waals surface area (Å²) in [5.74, 6) is 0. The zero-order valence-corrected chi connectivity index (χ0v) is 18.1. The van der Waals surface area contributed by atoms with Crippen LogP contribution in [0.25, 0.3) is 10.9 Å². The van der Waals surface area contributed by atoms with Crippen molar-refractivity contribution >= 4 is 34.1 Å². The first-order valence-corrected chi connectivity index (χ1v) is 10.5. The highest BCUT2D eigenvalue weighted by molar-refractivity contribution is 6.42. The van der Waals surface area contributed by atoms with E-state index in [-0.39, 0.29) is 0 Å². The topological polar surface area (TPSA) is 28.4 Å². The first kappa shape index (κ1) is 19.8. The molecule has 1 aliphatic rings. The molecule has 1 atom stereocenters. The number of rotatable bonds is 3. The lowest BCUT2D eigenvalue weighted by Crippen LogP contribution is -2.29. The Kier molecular flexibility index (Phi) is 5.22. The van der Waals surface area contributed by atoms with Crippen molar-refractivity contribution in [3.05, 3.63) is 68.8 Å². The summed E-state index contributed by atoms with van der Waals surface area (Å²) >= 11 is 12.3. The molecule has 3 aromatic rings. The van der Waals surface area contributed by atoms with E-state index in [4.69, 9.17) is 23.2 Å². The van der Waals surface area contributed by atoms with Gasteiger partial charge in [-0.15, -0.1) is 0 Å². The Labute approximate surface area is 176 Å². The quantitative estimate of drug-likeness (QED) is 0.635. The van der Waals surface area contributed by atoms with Crippen LogP contribution in [0.1, 0.15) is 29.3 Å². The first-order valence-electron chi connectivity index (χ1n) is 9.73. The standard InChI is InChI=1S/C23H26Cl2N2O/c1-15-4-7-21-18(12-15)17-8-10-26(3)11-9-22(17)27(21)14-23(2,28)16-5-6-19(24)20(25)13-16/h4-7,12-13,28H,8-11,14H2,1-3H3. The maximum absolute atomic E-state index is 11.4. The molecule has 0 fully saturated rings. The highest BCUT2D eigenvalue weighted by Crippen LogP contribution is 2.35. The molecule has 0 aliphatic carbocycles. The zero-order valence-electron chi connectivity index (χ0n) is 16.6. The summed E-state index contributed by atoms with van der Waals surface area (Å²) in [7, 11) is 2.18. The summed E-state index contributed by atoms with van der Waals surface area (Å²) < 4.78 is 2.31. The van der Waals surface area contributed by atoms with E-state index in [1.54, 1.807) is 12.1 Å². The Morgan fingerprint density at radius 1 is 1.04 bits per heavy atom. The normalized spacial score (nSPS) is 17.4.